The van der Waals surface area contributed by atoms with Crippen LogP contribution in [0.15, 0.2) is 46.2 Å². The SMILES string of the molecule is COc1ccc(C)cc1S(=O)(=O)N1CCC[C@H](C(=O)Nc2cc(S(=O)(=O)N(C)C)ccc2C)C1. The van der Waals surface area contributed by atoms with Crippen molar-refractivity contribution in [2.75, 3.05) is 39.6 Å². The lowest BCUT2D eigenvalue weighted by Crippen LogP contribution is -2.43. The zero-order chi connectivity index (χ0) is 25.3. The first-order chi connectivity index (χ1) is 15.9. The van der Waals surface area contributed by atoms with Crippen LogP contribution in [0.4, 0.5) is 5.69 Å². The third kappa shape index (κ3) is 5.27. The lowest BCUT2D eigenvalue weighted by molar-refractivity contribution is -0.120. The topological polar surface area (TPSA) is 113 Å². The summed E-state index contributed by atoms with van der Waals surface area (Å²) in [4.78, 5) is 13.2. The largest absolute Gasteiger partial charge is 0.495 e. The normalized spacial score (nSPS) is 17.5. The van der Waals surface area contributed by atoms with Gasteiger partial charge in [0.1, 0.15) is 10.6 Å². The fourth-order valence-corrected chi connectivity index (χ4v) is 6.53. The highest BCUT2D eigenvalue weighted by Gasteiger charge is 2.35. The van der Waals surface area contributed by atoms with Gasteiger partial charge in [-0.3, -0.25) is 4.79 Å². The highest BCUT2D eigenvalue weighted by molar-refractivity contribution is 7.89. The molecule has 1 heterocycles. The number of benzene rings is 2. The van der Waals surface area contributed by atoms with Gasteiger partial charge < -0.3 is 10.1 Å². The molecule has 1 atom stereocenters. The van der Waals surface area contributed by atoms with Gasteiger partial charge in [0, 0.05) is 32.9 Å². The first-order valence-corrected chi connectivity index (χ1v) is 13.7. The summed E-state index contributed by atoms with van der Waals surface area (Å²) in [5.74, 6) is -0.668. The average molecular weight is 510 g/mol. The lowest BCUT2D eigenvalue weighted by Gasteiger charge is -2.31. The third-order valence-electron chi connectivity index (χ3n) is 5.94. The van der Waals surface area contributed by atoms with Crippen molar-refractivity contribution in [2.45, 2.75) is 36.5 Å². The average Bonchev–Trinajstić information content (AvgIpc) is 2.80. The summed E-state index contributed by atoms with van der Waals surface area (Å²) in [6.07, 6.45) is 1.05. The highest BCUT2D eigenvalue weighted by atomic mass is 32.2. The molecule has 0 saturated carbocycles. The Bertz CT molecular complexity index is 1290. The van der Waals surface area contributed by atoms with Gasteiger partial charge in [-0.1, -0.05) is 12.1 Å². The molecule has 1 saturated heterocycles. The second-order valence-electron chi connectivity index (χ2n) is 8.61. The predicted octanol–water partition coefficient (Wildman–Crippen LogP) is 2.60. The van der Waals surface area contributed by atoms with Crippen LogP contribution in [-0.2, 0) is 24.8 Å². The minimum absolute atomic E-state index is 0.0278. The Kier molecular flexibility index (Phi) is 7.71. The molecule has 2 aromatic rings. The van der Waals surface area contributed by atoms with Crippen molar-refractivity contribution in [1.82, 2.24) is 8.61 Å². The van der Waals surface area contributed by atoms with Crippen LogP contribution in [0, 0.1) is 19.8 Å². The van der Waals surface area contributed by atoms with E-state index in [1.54, 1.807) is 38.1 Å². The first kappa shape index (κ1) is 26.1. The fraction of sp³-hybridized carbons (Fsp3) is 0.435. The summed E-state index contributed by atoms with van der Waals surface area (Å²) >= 11 is 0. The van der Waals surface area contributed by atoms with E-state index >= 15 is 0 Å². The summed E-state index contributed by atoms with van der Waals surface area (Å²) in [5.41, 5.74) is 1.87. The van der Waals surface area contributed by atoms with E-state index in [0.29, 0.717) is 30.6 Å². The molecule has 2 aromatic carbocycles. The van der Waals surface area contributed by atoms with Crippen molar-refractivity contribution in [3.05, 3.63) is 47.5 Å². The van der Waals surface area contributed by atoms with Gasteiger partial charge in [-0.25, -0.2) is 21.1 Å². The van der Waals surface area contributed by atoms with Crippen LogP contribution in [0.25, 0.3) is 0 Å². The van der Waals surface area contributed by atoms with Gasteiger partial charge in [-0.05, 0) is 62.1 Å². The number of methoxy groups -OCH3 is 1. The number of amides is 1. The van der Waals surface area contributed by atoms with Crippen LogP contribution in [0.3, 0.4) is 0 Å². The minimum atomic E-state index is -3.87. The molecule has 1 aliphatic rings. The van der Waals surface area contributed by atoms with Gasteiger partial charge in [0.05, 0.1) is 17.9 Å². The molecule has 9 nitrogen and oxygen atoms in total. The van der Waals surface area contributed by atoms with Gasteiger partial charge >= 0.3 is 0 Å². The summed E-state index contributed by atoms with van der Waals surface area (Å²) in [5, 5.41) is 2.81. The maximum absolute atomic E-state index is 13.4. The Morgan fingerprint density at radius 2 is 1.79 bits per heavy atom. The zero-order valence-corrected chi connectivity index (χ0v) is 21.7. The second-order valence-corrected chi connectivity index (χ2v) is 12.7. The molecular formula is C23H31N3O6S2. The molecule has 1 N–H and O–H groups in total. The first-order valence-electron chi connectivity index (χ1n) is 10.9. The second kappa shape index (κ2) is 10.0. The molecule has 34 heavy (non-hydrogen) atoms. The summed E-state index contributed by atoms with van der Waals surface area (Å²) in [7, 11) is -3.23. The molecule has 0 unspecified atom stereocenters. The predicted molar refractivity (Wildman–Crippen MR) is 130 cm³/mol. The number of hydrogen-bond acceptors (Lipinski definition) is 6. The number of sulfonamides is 2. The number of hydrogen-bond donors (Lipinski definition) is 1. The molecule has 1 amide bonds. The van der Waals surface area contributed by atoms with Gasteiger partial charge in [-0.2, -0.15) is 4.31 Å². The highest BCUT2D eigenvalue weighted by Crippen LogP contribution is 2.31. The van der Waals surface area contributed by atoms with Crippen LogP contribution >= 0.6 is 0 Å². The van der Waals surface area contributed by atoms with Gasteiger partial charge in [-0.15, -0.1) is 0 Å². The van der Waals surface area contributed by atoms with Crippen molar-refractivity contribution in [3.8, 4) is 5.75 Å². The molecule has 186 valence electrons. The van der Waals surface area contributed by atoms with Crippen LogP contribution < -0.4 is 10.1 Å². The fourth-order valence-electron chi connectivity index (χ4n) is 3.84. The Labute approximate surface area is 201 Å². The van der Waals surface area contributed by atoms with Crippen LogP contribution in [0.1, 0.15) is 24.0 Å². The van der Waals surface area contributed by atoms with Crippen LogP contribution in [0.5, 0.6) is 5.75 Å². The summed E-state index contributed by atoms with van der Waals surface area (Å²) in [6, 6.07) is 9.51. The smallest absolute Gasteiger partial charge is 0.246 e. The molecule has 1 aliphatic heterocycles. The Morgan fingerprint density at radius 1 is 1.09 bits per heavy atom. The molecule has 3 rings (SSSR count). The quantitative estimate of drug-likeness (QED) is 0.614. The number of anilines is 1. The standard InChI is InChI=1S/C23H31N3O6S2/c1-16-8-11-21(32-5)22(13-16)34(30,31)26-12-6-7-18(15-26)23(27)24-20-14-19(10-9-17(20)2)33(28,29)25(3)4/h8-11,13-14,18H,6-7,12,15H2,1-5H3,(H,24,27)/t18-/m0/s1. The number of carbonyl (C=O) groups excluding carboxylic acids is 1. The van der Waals surface area contributed by atoms with E-state index in [4.69, 9.17) is 4.74 Å². The van der Waals surface area contributed by atoms with Crippen molar-refractivity contribution >= 4 is 31.6 Å². The summed E-state index contributed by atoms with van der Waals surface area (Å²) < 4.78 is 59.4. The number of piperidine rings is 1. The molecule has 0 bridgehead atoms. The molecular weight excluding hydrogens is 478 g/mol. The van der Waals surface area contributed by atoms with E-state index in [0.717, 1.165) is 9.87 Å². The van der Waals surface area contributed by atoms with Crippen LogP contribution in [0.2, 0.25) is 0 Å². The van der Waals surface area contributed by atoms with E-state index in [2.05, 4.69) is 5.32 Å². The van der Waals surface area contributed by atoms with Crippen molar-refractivity contribution in [1.29, 1.82) is 0 Å². The van der Waals surface area contributed by atoms with E-state index < -0.39 is 26.0 Å². The van der Waals surface area contributed by atoms with E-state index in [9.17, 15) is 21.6 Å². The Morgan fingerprint density at radius 3 is 2.44 bits per heavy atom. The number of rotatable bonds is 7. The molecule has 0 aliphatic carbocycles. The number of nitrogens with one attached hydrogen (secondary N) is 1. The van der Waals surface area contributed by atoms with E-state index in [1.165, 1.54) is 37.6 Å². The molecule has 11 heteroatoms. The molecule has 1 fully saturated rings. The molecule has 0 spiro atoms. The van der Waals surface area contributed by atoms with E-state index in [-0.39, 0.29) is 28.0 Å². The third-order valence-corrected chi connectivity index (χ3v) is 9.63. The minimum Gasteiger partial charge on any atom is -0.495 e. The van der Waals surface area contributed by atoms with Gasteiger partial charge in [0.2, 0.25) is 26.0 Å². The molecule has 0 aromatic heterocycles. The number of nitrogens with zero attached hydrogens (tertiary/aromatic N) is 2. The van der Waals surface area contributed by atoms with Crippen molar-refractivity contribution in [2.24, 2.45) is 5.92 Å². The van der Waals surface area contributed by atoms with Crippen molar-refractivity contribution < 1.29 is 26.4 Å². The monoisotopic (exact) mass is 509 g/mol. The van der Waals surface area contributed by atoms with Crippen LogP contribution in [-0.4, -0.2) is 65.6 Å². The van der Waals surface area contributed by atoms with E-state index in [1.807, 2.05) is 0 Å². The number of carbonyl (C=O) groups is 1. The Hall–Kier alpha value is -2.47. The Balaban J connectivity index is 1.83. The maximum atomic E-state index is 13.4. The maximum Gasteiger partial charge on any atom is 0.246 e. The zero-order valence-electron chi connectivity index (χ0n) is 20.0. The molecule has 0 radical (unpaired) electrons. The van der Waals surface area contributed by atoms with Crippen molar-refractivity contribution in [3.63, 3.8) is 0 Å². The number of ether oxygens (including phenoxy) is 1. The lowest BCUT2D eigenvalue weighted by atomic mass is 9.98. The number of aryl methyl sites for hydroxylation is 2. The van der Waals surface area contributed by atoms with Gasteiger partial charge in [0.25, 0.3) is 0 Å². The van der Waals surface area contributed by atoms with Gasteiger partial charge in [0.15, 0.2) is 0 Å². The summed E-state index contributed by atoms with van der Waals surface area (Å²) in [6.45, 7) is 3.90.